The summed E-state index contributed by atoms with van der Waals surface area (Å²) < 4.78 is 0. The van der Waals surface area contributed by atoms with Crippen LogP contribution in [0.4, 0.5) is 0 Å². The number of primary amides is 1. The zero-order chi connectivity index (χ0) is 48.8. The van der Waals surface area contributed by atoms with Gasteiger partial charge < -0.3 is 53.0 Å². The Hall–Kier alpha value is -6.71. The standard InChI is InChI=1S/C43H59N7O14S/c1-5-6-11-27(37(58)38(44)59)46-40(61)29(18-23(2)3)48-41(62)30(19-25-16-17-65-22-25)49-42(63)31(20-26-10-8-7-9-24(26)4)50-39(60)28(12-14-34(52)53)47-43(64)32(21-36(56)57)45-33(51)13-15-35(54)55/h7-10,16-17,22-23,27-32H,5-6,11-15,18-21H2,1-4H3,(H2,44,59)(H,45,51)(H,46,61)(H,47,64)(H,48,62)(H,49,63)(H,50,60)(H,52,53)(H,54,55)(H,56,57)/t27-,28-,29-,30-,31-,32-/m0/s1. The molecule has 0 unspecified atom stereocenters. The predicted molar refractivity (Wildman–Crippen MR) is 234 cm³/mol. The van der Waals surface area contributed by atoms with Crippen LogP contribution in [0, 0.1) is 12.8 Å². The van der Waals surface area contributed by atoms with Crippen molar-refractivity contribution in [3.05, 3.63) is 57.8 Å². The first-order valence-corrected chi connectivity index (χ1v) is 21.9. The number of thiophene rings is 1. The number of carboxylic acids is 3. The highest BCUT2D eigenvalue weighted by atomic mass is 32.1. The molecule has 22 heteroatoms. The number of unbranched alkanes of at least 4 members (excludes halogenated alkanes) is 1. The SMILES string of the molecule is CCCC[C@H](NC(=O)[C@H](CC(C)C)NC(=O)[C@H](Cc1ccsc1)NC(=O)[C@H](Cc1ccccc1C)NC(=O)[C@H](CCC(=O)O)NC(=O)[C@H](CC(=O)O)NC(=O)CCC(=O)O)C(=O)C(N)=O. The molecule has 1 aromatic heterocycles. The first-order valence-electron chi connectivity index (χ1n) is 21.0. The van der Waals surface area contributed by atoms with Crippen LogP contribution < -0.4 is 37.6 Å². The number of nitrogens with two attached hydrogens (primary N) is 1. The van der Waals surface area contributed by atoms with Gasteiger partial charge in [-0.25, -0.2) is 0 Å². The molecular weight excluding hydrogens is 871 g/mol. The van der Waals surface area contributed by atoms with E-state index in [0.29, 0.717) is 29.5 Å². The van der Waals surface area contributed by atoms with Crippen LogP contribution in [-0.4, -0.2) is 117 Å². The number of carbonyl (C=O) groups is 11. The van der Waals surface area contributed by atoms with Crippen LogP contribution in [0.5, 0.6) is 0 Å². The third kappa shape index (κ3) is 20.1. The number of ketones is 1. The number of aryl methyl sites for hydroxylation is 1. The minimum absolute atomic E-state index is 0.0801. The molecule has 1 aromatic carbocycles. The second kappa shape index (κ2) is 27.5. The third-order valence-electron chi connectivity index (χ3n) is 9.91. The summed E-state index contributed by atoms with van der Waals surface area (Å²) in [5.41, 5.74) is 7.13. The summed E-state index contributed by atoms with van der Waals surface area (Å²) in [6, 6.07) is -0.384. The molecule has 0 aliphatic carbocycles. The van der Waals surface area contributed by atoms with Crippen LogP contribution in [0.2, 0.25) is 0 Å². The molecule has 11 N–H and O–H groups in total. The number of nitrogens with one attached hydrogen (secondary N) is 6. The topological polar surface area (TPSA) is 347 Å². The summed E-state index contributed by atoms with van der Waals surface area (Å²) in [6.07, 6.45) is -2.45. The van der Waals surface area contributed by atoms with Crippen molar-refractivity contribution in [3.63, 3.8) is 0 Å². The number of hydrogen-bond donors (Lipinski definition) is 10. The van der Waals surface area contributed by atoms with Crippen molar-refractivity contribution in [2.24, 2.45) is 11.7 Å². The maximum Gasteiger partial charge on any atom is 0.305 e. The molecule has 0 bridgehead atoms. The lowest BCUT2D eigenvalue weighted by atomic mass is 9.98. The van der Waals surface area contributed by atoms with E-state index in [1.54, 1.807) is 61.9 Å². The fraction of sp³-hybridized carbons (Fsp3) is 0.512. The smallest absolute Gasteiger partial charge is 0.305 e. The maximum absolute atomic E-state index is 14.4. The minimum Gasteiger partial charge on any atom is -0.481 e. The van der Waals surface area contributed by atoms with E-state index in [2.05, 4.69) is 31.9 Å². The van der Waals surface area contributed by atoms with Crippen molar-refractivity contribution < 1.29 is 68.1 Å². The summed E-state index contributed by atoms with van der Waals surface area (Å²) in [4.78, 5) is 141. The quantitative estimate of drug-likeness (QED) is 0.0470. The van der Waals surface area contributed by atoms with E-state index in [1.165, 1.54) is 11.3 Å². The van der Waals surface area contributed by atoms with E-state index in [4.69, 9.17) is 10.8 Å². The Balaban J connectivity index is 2.53. The first kappa shape index (κ1) is 54.4. The summed E-state index contributed by atoms with van der Waals surface area (Å²) >= 11 is 1.31. The van der Waals surface area contributed by atoms with Crippen molar-refractivity contribution in [1.82, 2.24) is 31.9 Å². The van der Waals surface area contributed by atoms with Gasteiger partial charge in [-0.15, -0.1) is 0 Å². The third-order valence-corrected chi connectivity index (χ3v) is 10.6. The minimum atomic E-state index is -1.82. The Kier molecular flexibility index (Phi) is 23.0. The van der Waals surface area contributed by atoms with Crippen LogP contribution in [-0.2, 0) is 65.6 Å². The summed E-state index contributed by atoms with van der Waals surface area (Å²) in [7, 11) is 0. The van der Waals surface area contributed by atoms with E-state index < -0.39 is 133 Å². The van der Waals surface area contributed by atoms with Gasteiger partial charge >= 0.3 is 17.9 Å². The second-order valence-corrected chi connectivity index (χ2v) is 16.6. The lowest BCUT2D eigenvalue weighted by Crippen LogP contribution is -2.60. The molecule has 0 fully saturated rings. The molecule has 0 spiro atoms. The fourth-order valence-corrected chi connectivity index (χ4v) is 7.12. The van der Waals surface area contributed by atoms with Gasteiger partial charge in [0.25, 0.3) is 5.91 Å². The summed E-state index contributed by atoms with van der Waals surface area (Å²) in [6.45, 7) is 7.17. The lowest BCUT2D eigenvalue weighted by molar-refractivity contribution is -0.142. The van der Waals surface area contributed by atoms with Gasteiger partial charge in [0.05, 0.1) is 18.9 Å². The van der Waals surface area contributed by atoms with Gasteiger partial charge in [-0.2, -0.15) is 11.3 Å². The van der Waals surface area contributed by atoms with Crippen LogP contribution >= 0.6 is 11.3 Å². The van der Waals surface area contributed by atoms with E-state index >= 15 is 0 Å². The Labute approximate surface area is 379 Å². The summed E-state index contributed by atoms with van der Waals surface area (Å²) in [5, 5.41) is 46.1. The van der Waals surface area contributed by atoms with Crippen molar-refractivity contribution in [1.29, 1.82) is 0 Å². The van der Waals surface area contributed by atoms with Gasteiger partial charge in [0.15, 0.2) is 0 Å². The number of hydrogen-bond acceptors (Lipinski definition) is 12. The second-order valence-electron chi connectivity index (χ2n) is 15.8. The average Bonchev–Trinajstić information content (AvgIpc) is 3.75. The molecule has 0 radical (unpaired) electrons. The van der Waals surface area contributed by atoms with Gasteiger partial charge in [0.2, 0.25) is 41.2 Å². The molecule has 2 aromatic rings. The largest absolute Gasteiger partial charge is 0.481 e. The van der Waals surface area contributed by atoms with E-state index in [9.17, 15) is 63.0 Å². The van der Waals surface area contributed by atoms with E-state index in [1.807, 2.05) is 6.92 Å². The fourth-order valence-electron chi connectivity index (χ4n) is 6.44. The molecule has 0 saturated heterocycles. The lowest BCUT2D eigenvalue weighted by Gasteiger charge is -2.28. The van der Waals surface area contributed by atoms with Crippen LogP contribution in [0.1, 0.15) is 95.2 Å². The van der Waals surface area contributed by atoms with Crippen LogP contribution in [0.15, 0.2) is 41.1 Å². The number of carbonyl (C=O) groups excluding carboxylic acids is 8. The molecule has 0 aliphatic heterocycles. The normalized spacial score (nSPS) is 13.7. The number of benzene rings is 1. The Morgan fingerprint density at radius 3 is 1.69 bits per heavy atom. The van der Waals surface area contributed by atoms with E-state index in [0.717, 1.165) is 0 Å². The van der Waals surface area contributed by atoms with Gasteiger partial charge in [-0.05, 0) is 65.6 Å². The Bertz CT molecular complexity index is 2030. The van der Waals surface area contributed by atoms with Crippen LogP contribution in [0.25, 0.3) is 0 Å². The predicted octanol–water partition coefficient (Wildman–Crippen LogP) is 0.246. The van der Waals surface area contributed by atoms with E-state index in [-0.39, 0.29) is 31.6 Å². The van der Waals surface area contributed by atoms with Gasteiger partial charge in [-0.1, -0.05) is 57.9 Å². The first-order chi connectivity index (χ1) is 30.6. The Morgan fingerprint density at radius 1 is 0.615 bits per heavy atom. The molecule has 1 heterocycles. The van der Waals surface area contributed by atoms with Gasteiger partial charge in [-0.3, -0.25) is 52.7 Å². The molecule has 6 atom stereocenters. The van der Waals surface area contributed by atoms with Gasteiger partial charge in [0, 0.05) is 25.7 Å². The zero-order valence-corrected chi connectivity index (χ0v) is 37.5. The Morgan fingerprint density at radius 2 is 1.15 bits per heavy atom. The number of carboxylic acid groups (broad SMARTS) is 3. The highest BCUT2D eigenvalue weighted by Crippen LogP contribution is 2.15. The van der Waals surface area contributed by atoms with Crippen molar-refractivity contribution >= 4 is 76.4 Å². The average molecular weight is 930 g/mol. The zero-order valence-electron chi connectivity index (χ0n) is 36.7. The highest BCUT2D eigenvalue weighted by molar-refractivity contribution is 7.07. The van der Waals surface area contributed by atoms with Crippen molar-refractivity contribution in [2.45, 2.75) is 135 Å². The molecule has 0 aliphatic rings. The number of Topliss-reactive ketones (excluding diaryl/α,β-unsaturated/α-hetero) is 1. The molecule has 0 saturated carbocycles. The molecule has 65 heavy (non-hydrogen) atoms. The number of amides is 7. The number of rotatable bonds is 30. The van der Waals surface area contributed by atoms with Crippen molar-refractivity contribution in [3.8, 4) is 0 Å². The van der Waals surface area contributed by atoms with Gasteiger partial charge in [0.1, 0.15) is 30.2 Å². The maximum atomic E-state index is 14.4. The molecular formula is C43H59N7O14S. The highest BCUT2D eigenvalue weighted by Gasteiger charge is 2.35. The van der Waals surface area contributed by atoms with Crippen LogP contribution in [0.3, 0.4) is 0 Å². The molecule has 7 amide bonds. The molecule has 21 nitrogen and oxygen atoms in total. The van der Waals surface area contributed by atoms with Crippen molar-refractivity contribution in [2.75, 3.05) is 0 Å². The molecule has 2 rings (SSSR count). The molecule has 356 valence electrons. The monoisotopic (exact) mass is 929 g/mol. The number of aliphatic carboxylic acids is 3. The summed E-state index contributed by atoms with van der Waals surface area (Å²) in [5.74, 6) is -12.5.